The zero-order chi connectivity index (χ0) is 19.9. The molecular weight excluding hydrogens is 366 g/mol. The van der Waals surface area contributed by atoms with Crippen LogP contribution in [0.2, 0.25) is 0 Å². The molecule has 1 aromatic rings. The minimum Gasteiger partial charge on any atom is -0.492 e. The standard InChI is InChI=1S/C19H31N3O4S/c1-4-6-16-8-10-18(11-9-16)26-14-12-20-19(23)17-7-5-13-22(15-17)27(24,25)21(2)3/h8-11,17H,4-7,12-15H2,1-3H3,(H,20,23)/t17-/m0/s1. The van der Waals surface area contributed by atoms with Gasteiger partial charge in [0.25, 0.3) is 10.2 Å². The third kappa shape index (κ3) is 6.19. The van der Waals surface area contributed by atoms with Crippen molar-refractivity contribution in [3.8, 4) is 5.75 Å². The normalized spacial score (nSPS) is 18.4. The van der Waals surface area contributed by atoms with Crippen LogP contribution in [0.3, 0.4) is 0 Å². The number of carbonyl (C=O) groups excluding carboxylic acids is 1. The first-order chi connectivity index (χ1) is 12.8. The summed E-state index contributed by atoms with van der Waals surface area (Å²) < 4.78 is 32.7. The molecule has 1 atom stereocenters. The van der Waals surface area contributed by atoms with Crippen LogP contribution < -0.4 is 10.1 Å². The maximum Gasteiger partial charge on any atom is 0.281 e. The Balaban J connectivity index is 1.75. The summed E-state index contributed by atoms with van der Waals surface area (Å²) in [7, 11) is -0.463. The summed E-state index contributed by atoms with van der Waals surface area (Å²) >= 11 is 0. The second-order valence-corrected chi connectivity index (χ2v) is 9.16. The zero-order valence-corrected chi connectivity index (χ0v) is 17.3. The van der Waals surface area contributed by atoms with Gasteiger partial charge in [0, 0.05) is 27.2 Å². The number of ether oxygens (including phenoxy) is 1. The lowest BCUT2D eigenvalue weighted by molar-refractivity contribution is -0.126. The van der Waals surface area contributed by atoms with Gasteiger partial charge in [-0.15, -0.1) is 0 Å². The van der Waals surface area contributed by atoms with Gasteiger partial charge in [-0.2, -0.15) is 17.0 Å². The van der Waals surface area contributed by atoms with Crippen LogP contribution in [0.15, 0.2) is 24.3 Å². The number of hydrogen-bond donors (Lipinski definition) is 1. The number of nitrogens with one attached hydrogen (secondary N) is 1. The SMILES string of the molecule is CCCc1ccc(OCCNC(=O)[C@H]2CCCN(S(=O)(=O)N(C)C)C2)cc1. The molecule has 0 aromatic heterocycles. The second kappa shape index (κ2) is 10.1. The summed E-state index contributed by atoms with van der Waals surface area (Å²) in [4.78, 5) is 12.4. The summed E-state index contributed by atoms with van der Waals surface area (Å²) in [6.07, 6.45) is 3.55. The van der Waals surface area contributed by atoms with Crippen molar-refractivity contribution in [2.75, 3.05) is 40.3 Å². The van der Waals surface area contributed by atoms with Crippen LogP contribution in [0, 0.1) is 5.92 Å². The first-order valence-corrected chi connectivity index (χ1v) is 10.9. The van der Waals surface area contributed by atoms with E-state index in [1.54, 1.807) is 0 Å². The predicted octanol–water partition coefficient (Wildman–Crippen LogP) is 1.65. The van der Waals surface area contributed by atoms with Gasteiger partial charge in [-0.1, -0.05) is 25.5 Å². The number of benzene rings is 1. The van der Waals surface area contributed by atoms with Gasteiger partial charge in [0.05, 0.1) is 12.5 Å². The van der Waals surface area contributed by atoms with Crippen LogP contribution in [-0.2, 0) is 21.4 Å². The van der Waals surface area contributed by atoms with Crippen LogP contribution in [-0.4, -0.2) is 63.3 Å². The summed E-state index contributed by atoms with van der Waals surface area (Å²) in [6, 6.07) is 7.99. The van der Waals surface area contributed by atoms with E-state index in [1.165, 1.54) is 28.3 Å². The fourth-order valence-electron chi connectivity index (χ4n) is 3.13. The number of carbonyl (C=O) groups is 1. The molecule has 152 valence electrons. The molecule has 0 radical (unpaired) electrons. The fourth-order valence-corrected chi connectivity index (χ4v) is 4.32. The first kappa shape index (κ1) is 21.7. The lowest BCUT2D eigenvalue weighted by Gasteiger charge is -2.32. The summed E-state index contributed by atoms with van der Waals surface area (Å²) in [5, 5.41) is 2.86. The largest absolute Gasteiger partial charge is 0.492 e. The average molecular weight is 398 g/mol. The minimum atomic E-state index is -3.47. The van der Waals surface area contributed by atoms with E-state index in [1.807, 2.05) is 12.1 Å². The van der Waals surface area contributed by atoms with Crippen LogP contribution >= 0.6 is 0 Å². The molecule has 0 spiro atoms. The van der Waals surface area contributed by atoms with E-state index in [4.69, 9.17) is 4.74 Å². The van der Waals surface area contributed by atoms with Crippen LogP contribution in [0.25, 0.3) is 0 Å². The van der Waals surface area contributed by atoms with Crippen molar-refractivity contribution in [1.82, 2.24) is 13.9 Å². The topological polar surface area (TPSA) is 79.0 Å². The Labute approximate surface area is 162 Å². The quantitative estimate of drug-likeness (QED) is 0.643. The van der Waals surface area contributed by atoms with Gasteiger partial charge in [0.15, 0.2) is 0 Å². The van der Waals surface area contributed by atoms with E-state index in [2.05, 4.69) is 24.4 Å². The van der Waals surface area contributed by atoms with E-state index in [9.17, 15) is 13.2 Å². The molecule has 0 unspecified atom stereocenters. The maximum atomic E-state index is 12.4. The van der Waals surface area contributed by atoms with E-state index in [0.717, 1.165) is 18.6 Å². The van der Waals surface area contributed by atoms with Crippen LogP contribution in [0.5, 0.6) is 5.75 Å². The fraction of sp³-hybridized carbons (Fsp3) is 0.632. The predicted molar refractivity (Wildman–Crippen MR) is 106 cm³/mol. The molecule has 1 aromatic carbocycles. The Morgan fingerprint density at radius 1 is 1.30 bits per heavy atom. The highest BCUT2D eigenvalue weighted by Crippen LogP contribution is 2.20. The number of nitrogens with zero attached hydrogens (tertiary/aromatic N) is 2. The second-order valence-electron chi connectivity index (χ2n) is 7.02. The Bertz CT molecular complexity index is 704. The van der Waals surface area contributed by atoms with Gasteiger partial charge in [0.2, 0.25) is 5.91 Å². The molecule has 1 saturated heterocycles. The van der Waals surface area contributed by atoms with Crippen molar-refractivity contribution in [1.29, 1.82) is 0 Å². The number of piperidine rings is 1. The molecule has 8 heteroatoms. The van der Waals surface area contributed by atoms with E-state index in [0.29, 0.717) is 32.5 Å². The van der Waals surface area contributed by atoms with Crippen molar-refractivity contribution in [2.24, 2.45) is 5.92 Å². The number of rotatable bonds is 9. The maximum absolute atomic E-state index is 12.4. The Kier molecular flexibility index (Phi) is 8.07. The van der Waals surface area contributed by atoms with Crippen molar-refractivity contribution >= 4 is 16.1 Å². The summed E-state index contributed by atoms with van der Waals surface area (Å²) in [5.41, 5.74) is 1.28. The Morgan fingerprint density at radius 2 is 2.00 bits per heavy atom. The third-order valence-corrected chi connectivity index (χ3v) is 6.58. The smallest absolute Gasteiger partial charge is 0.281 e. The molecule has 1 aliphatic rings. The van der Waals surface area contributed by atoms with Gasteiger partial charge >= 0.3 is 0 Å². The third-order valence-electron chi connectivity index (χ3n) is 4.67. The first-order valence-electron chi connectivity index (χ1n) is 9.51. The molecule has 0 bridgehead atoms. The van der Waals surface area contributed by atoms with E-state index >= 15 is 0 Å². The average Bonchev–Trinajstić information content (AvgIpc) is 2.66. The lowest BCUT2D eigenvalue weighted by Crippen LogP contribution is -2.49. The number of hydrogen-bond acceptors (Lipinski definition) is 4. The summed E-state index contributed by atoms with van der Waals surface area (Å²) in [5.74, 6) is 0.349. The molecule has 2 rings (SSSR count). The highest BCUT2D eigenvalue weighted by Gasteiger charge is 2.33. The van der Waals surface area contributed by atoms with E-state index < -0.39 is 10.2 Å². The molecule has 7 nitrogen and oxygen atoms in total. The highest BCUT2D eigenvalue weighted by molar-refractivity contribution is 7.86. The van der Waals surface area contributed by atoms with Crippen molar-refractivity contribution in [3.05, 3.63) is 29.8 Å². The van der Waals surface area contributed by atoms with Gasteiger partial charge < -0.3 is 10.1 Å². The zero-order valence-electron chi connectivity index (χ0n) is 16.5. The van der Waals surface area contributed by atoms with Crippen LogP contribution in [0.4, 0.5) is 0 Å². The molecule has 1 aliphatic heterocycles. The van der Waals surface area contributed by atoms with Gasteiger partial charge in [-0.25, -0.2) is 0 Å². The molecular formula is C19H31N3O4S. The number of amides is 1. The molecule has 1 amide bonds. The number of aryl methyl sites for hydroxylation is 1. The van der Waals surface area contributed by atoms with Crippen molar-refractivity contribution in [3.63, 3.8) is 0 Å². The molecule has 1 fully saturated rings. The van der Waals surface area contributed by atoms with Crippen molar-refractivity contribution in [2.45, 2.75) is 32.6 Å². The monoisotopic (exact) mass is 397 g/mol. The van der Waals surface area contributed by atoms with Crippen LogP contribution in [0.1, 0.15) is 31.7 Å². The van der Waals surface area contributed by atoms with E-state index in [-0.39, 0.29) is 18.4 Å². The summed E-state index contributed by atoms with van der Waals surface area (Å²) in [6.45, 7) is 3.61. The highest BCUT2D eigenvalue weighted by atomic mass is 32.2. The Hall–Kier alpha value is -1.64. The van der Waals surface area contributed by atoms with Gasteiger partial charge in [-0.3, -0.25) is 4.79 Å². The lowest BCUT2D eigenvalue weighted by atomic mass is 9.99. The molecule has 1 N–H and O–H groups in total. The molecule has 1 heterocycles. The van der Waals surface area contributed by atoms with Gasteiger partial charge in [-0.05, 0) is 37.0 Å². The Morgan fingerprint density at radius 3 is 2.63 bits per heavy atom. The molecule has 27 heavy (non-hydrogen) atoms. The van der Waals surface area contributed by atoms with Crippen molar-refractivity contribution < 1.29 is 17.9 Å². The molecule has 0 aliphatic carbocycles. The molecule has 0 saturated carbocycles. The van der Waals surface area contributed by atoms with Gasteiger partial charge in [0.1, 0.15) is 12.4 Å². The minimum absolute atomic E-state index is 0.115.